The second kappa shape index (κ2) is 9.21. The van der Waals surface area contributed by atoms with Crippen molar-refractivity contribution in [3.63, 3.8) is 0 Å². The lowest BCUT2D eigenvalue weighted by Gasteiger charge is -2.20. The minimum Gasteiger partial charge on any atom is -0.507 e. The summed E-state index contributed by atoms with van der Waals surface area (Å²) < 4.78 is 43.3. The summed E-state index contributed by atoms with van der Waals surface area (Å²) in [5.41, 5.74) is -1.79. The molecule has 2 aromatic carbocycles. The van der Waals surface area contributed by atoms with E-state index in [1.54, 1.807) is 0 Å². The predicted molar refractivity (Wildman–Crippen MR) is 125 cm³/mol. The van der Waals surface area contributed by atoms with Crippen LogP contribution >= 0.6 is 0 Å². The summed E-state index contributed by atoms with van der Waals surface area (Å²) in [6, 6.07) is 6.84. The topological polar surface area (TPSA) is 118 Å². The fraction of sp³-hybridized carbons (Fsp3) is 0.200. The van der Waals surface area contributed by atoms with Gasteiger partial charge in [0, 0.05) is 19.2 Å². The Bertz CT molecular complexity index is 1680. The van der Waals surface area contributed by atoms with Crippen LogP contribution in [0.1, 0.15) is 28.4 Å². The molecule has 1 atom stereocenters. The summed E-state index contributed by atoms with van der Waals surface area (Å²) in [5, 5.41) is 19.2. The molecule has 1 saturated heterocycles. The van der Waals surface area contributed by atoms with Crippen LogP contribution in [0.2, 0.25) is 0 Å². The van der Waals surface area contributed by atoms with Crippen LogP contribution in [0.4, 0.5) is 13.2 Å². The number of phenolic OH excluding ortho intramolecular Hbond substituents is 1. The summed E-state index contributed by atoms with van der Waals surface area (Å²) in [6.45, 7) is -0.310. The monoisotopic (exact) mass is 512 g/mol. The van der Waals surface area contributed by atoms with Crippen molar-refractivity contribution in [2.24, 2.45) is 0 Å². The Kier molecular flexibility index (Phi) is 6.04. The molecule has 12 heteroatoms. The van der Waals surface area contributed by atoms with E-state index in [-0.39, 0.29) is 54.2 Å². The second-order valence-electron chi connectivity index (χ2n) is 8.62. The lowest BCUT2D eigenvalue weighted by atomic mass is 10.1. The summed E-state index contributed by atoms with van der Waals surface area (Å²) in [4.78, 5) is 45.1. The Morgan fingerprint density at radius 1 is 1.05 bits per heavy atom. The molecule has 2 N–H and O–H groups in total. The standard InChI is InChI=1S/C25H19F3N4O5/c26-14-8-18-22(29-10-14)31(15-2-3-19(27)20(28)9-15)25(37)32(24(18)36)16-5-6-30(11-16)23(35)17-7-13(12-33)1-4-21(17)34/h1-4,7-10,16,33-34H,5-6,11-12H2/t16-/m1/s1. The number of amides is 1. The molecule has 1 aliphatic heterocycles. The first kappa shape index (κ1) is 24.3. The van der Waals surface area contributed by atoms with Gasteiger partial charge in [-0.1, -0.05) is 6.07 Å². The van der Waals surface area contributed by atoms with E-state index >= 15 is 0 Å². The molecule has 0 radical (unpaired) electrons. The number of fused-ring (bicyclic) bond motifs is 1. The molecule has 0 saturated carbocycles. The minimum absolute atomic E-state index is 0.0523. The largest absolute Gasteiger partial charge is 0.507 e. The fourth-order valence-corrected chi connectivity index (χ4v) is 4.52. The van der Waals surface area contributed by atoms with Crippen molar-refractivity contribution in [2.45, 2.75) is 19.1 Å². The summed E-state index contributed by atoms with van der Waals surface area (Å²) in [6.07, 6.45) is 0.970. The number of likely N-dealkylation sites (tertiary alicyclic amines) is 1. The van der Waals surface area contributed by atoms with E-state index in [0.29, 0.717) is 5.56 Å². The zero-order chi connectivity index (χ0) is 26.4. The SMILES string of the molecule is O=C(c1cc(CO)ccc1O)N1CC[C@@H](n2c(=O)c3cc(F)cnc3n(-c3ccc(F)c(F)c3)c2=O)C1. The molecule has 3 heterocycles. The van der Waals surface area contributed by atoms with Gasteiger partial charge in [0.05, 0.1) is 35.5 Å². The van der Waals surface area contributed by atoms with Crippen molar-refractivity contribution in [3.8, 4) is 11.4 Å². The van der Waals surface area contributed by atoms with Crippen molar-refractivity contribution in [2.75, 3.05) is 13.1 Å². The number of pyridine rings is 1. The number of aliphatic hydroxyl groups excluding tert-OH is 1. The number of phenols is 1. The number of carbonyl (C=O) groups excluding carboxylic acids is 1. The molecule has 0 bridgehead atoms. The maximum Gasteiger partial charge on any atom is 0.337 e. The molecule has 0 spiro atoms. The lowest BCUT2D eigenvalue weighted by Crippen LogP contribution is -2.43. The lowest BCUT2D eigenvalue weighted by molar-refractivity contribution is 0.0784. The number of hydrogen-bond donors (Lipinski definition) is 2. The van der Waals surface area contributed by atoms with Crippen LogP contribution in [0.3, 0.4) is 0 Å². The molecule has 5 rings (SSSR count). The van der Waals surface area contributed by atoms with E-state index in [4.69, 9.17) is 0 Å². The normalized spacial score (nSPS) is 15.5. The van der Waals surface area contributed by atoms with Crippen molar-refractivity contribution in [1.29, 1.82) is 0 Å². The van der Waals surface area contributed by atoms with Crippen molar-refractivity contribution < 1.29 is 28.2 Å². The van der Waals surface area contributed by atoms with E-state index in [0.717, 1.165) is 39.6 Å². The molecule has 190 valence electrons. The highest BCUT2D eigenvalue weighted by molar-refractivity contribution is 5.97. The van der Waals surface area contributed by atoms with E-state index in [2.05, 4.69) is 4.98 Å². The average molecular weight is 512 g/mol. The third-order valence-electron chi connectivity index (χ3n) is 6.34. The van der Waals surface area contributed by atoms with E-state index in [9.17, 15) is 37.8 Å². The molecule has 0 unspecified atom stereocenters. The van der Waals surface area contributed by atoms with Gasteiger partial charge in [0.15, 0.2) is 17.3 Å². The maximum absolute atomic E-state index is 14.0. The van der Waals surface area contributed by atoms with Crippen molar-refractivity contribution in [3.05, 3.63) is 98.1 Å². The van der Waals surface area contributed by atoms with Gasteiger partial charge in [0.25, 0.3) is 11.5 Å². The number of halogens is 3. The van der Waals surface area contributed by atoms with Gasteiger partial charge in [-0.15, -0.1) is 0 Å². The quantitative estimate of drug-likeness (QED) is 0.433. The molecule has 0 aliphatic carbocycles. The van der Waals surface area contributed by atoms with E-state index in [1.807, 2.05) is 0 Å². The van der Waals surface area contributed by atoms with Gasteiger partial charge in [0.1, 0.15) is 11.6 Å². The van der Waals surface area contributed by atoms with Crippen LogP contribution in [0, 0.1) is 17.5 Å². The van der Waals surface area contributed by atoms with Crippen LogP contribution in [0.15, 0.2) is 58.3 Å². The van der Waals surface area contributed by atoms with Crippen molar-refractivity contribution >= 4 is 16.9 Å². The van der Waals surface area contributed by atoms with Crippen molar-refractivity contribution in [1.82, 2.24) is 19.0 Å². The molecule has 9 nitrogen and oxygen atoms in total. The number of rotatable bonds is 4. The van der Waals surface area contributed by atoms with Crippen LogP contribution in [-0.2, 0) is 6.61 Å². The molecular formula is C25H19F3N4O5. The molecular weight excluding hydrogens is 493 g/mol. The molecule has 1 aliphatic rings. The van der Waals surface area contributed by atoms with Crippen LogP contribution in [0.5, 0.6) is 5.75 Å². The first-order chi connectivity index (χ1) is 17.7. The number of hydrogen-bond acceptors (Lipinski definition) is 6. The highest BCUT2D eigenvalue weighted by Gasteiger charge is 2.32. The number of aliphatic hydroxyl groups is 1. The predicted octanol–water partition coefficient (Wildman–Crippen LogP) is 2.25. The van der Waals surface area contributed by atoms with Crippen LogP contribution in [0.25, 0.3) is 16.7 Å². The number of nitrogens with zero attached hydrogens (tertiary/aromatic N) is 4. The van der Waals surface area contributed by atoms with E-state index in [1.165, 1.54) is 23.1 Å². The zero-order valence-corrected chi connectivity index (χ0v) is 19.1. The molecule has 4 aromatic rings. The molecule has 37 heavy (non-hydrogen) atoms. The third kappa shape index (κ3) is 4.14. The van der Waals surface area contributed by atoms with Gasteiger partial charge in [-0.05, 0) is 42.3 Å². The Labute approximate surface area is 206 Å². The first-order valence-electron chi connectivity index (χ1n) is 11.2. The highest BCUT2D eigenvalue weighted by atomic mass is 19.2. The van der Waals surface area contributed by atoms with Gasteiger partial charge in [-0.2, -0.15) is 0 Å². The van der Waals surface area contributed by atoms with Gasteiger partial charge >= 0.3 is 5.69 Å². The molecule has 1 fully saturated rings. The number of benzene rings is 2. The molecule has 2 aromatic heterocycles. The van der Waals surface area contributed by atoms with Crippen LogP contribution < -0.4 is 11.2 Å². The van der Waals surface area contributed by atoms with Gasteiger partial charge in [-0.3, -0.25) is 14.2 Å². The van der Waals surface area contributed by atoms with Gasteiger partial charge < -0.3 is 15.1 Å². The Hall–Kier alpha value is -4.45. The maximum atomic E-state index is 14.0. The Morgan fingerprint density at radius 2 is 1.84 bits per heavy atom. The summed E-state index contributed by atoms with van der Waals surface area (Å²) >= 11 is 0. The van der Waals surface area contributed by atoms with Gasteiger partial charge in [0.2, 0.25) is 0 Å². The van der Waals surface area contributed by atoms with E-state index < -0.39 is 40.6 Å². The second-order valence-corrected chi connectivity index (χ2v) is 8.62. The van der Waals surface area contributed by atoms with Gasteiger partial charge in [-0.25, -0.2) is 27.5 Å². The average Bonchev–Trinajstić information content (AvgIpc) is 3.36. The molecule has 1 amide bonds. The summed E-state index contributed by atoms with van der Waals surface area (Å²) in [5.74, 6) is -4.09. The zero-order valence-electron chi connectivity index (χ0n) is 19.1. The third-order valence-corrected chi connectivity index (χ3v) is 6.34. The Morgan fingerprint density at radius 3 is 2.57 bits per heavy atom. The van der Waals surface area contributed by atoms with Crippen LogP contribution in [-0.4, -0.2) is 48.2 Å². The minimum atomic E-state index is -1.24. The smallest absolute Gasteiger partial charge is 0.337 e. The fourth-order valence-electron chi connectivity index (χ4n) is 4.52. The Balaban J connectivity index is 1.61. The number of aromatic hydroxyl groups is 1. The number of aromatic nitrogens is 3. The first-order valence-corrected chi connectivity index (χ1v) is 11.2. The number of carbonyl (C=O) groups is 1. The highest BCUT2D eigenvalue weighted by Crippen LogP contribution is 2.26. The summed E-state index contributed by atoms with van der Waals surface area (Å²) in [7, 11) is 0.